The molecule has 1 aliphatic heterocycles. The highest BCUT2D eigenvalue weighted by Gasteiger charge is 2.20. The third-order valence-corrected chi connectivity index (χ3v) is 3.87. The third-order valence-electron chi connectivity index (χ3n) is 3.87. The lowest BCUT2D eigenvalue weighted by molar-refractivity contribution is -0.114. The van der Waals surface area contributed by atoms with E-state index in [-0.39, 0.29) is 12.5 Å². The van der Waals surface area contributed by atoms with Gasteiger partial charge in [-0.15, -0.1) is 0 Å². The highest BCUT2D eigenvalue weighted by molar-refractivity contribution is 5.88. The van der Waals surface area contributed by atoms with Crippen LogP contribution in [0.4, 0.5) is 11.4 Å². The molecule has 0 fully saturated rings. The summed E-state index contributed by atoms with van der Waals surface area (Å²) in [5.74, 6) is 1.38. The molecule has 0 saturated heterocycles. The number of para-hydroxylation sites is 2. The number of ether oxygens (including phenoxy) is 2. The Balaban J connectivity index is 1.52. The molecule has 25 heavy (non-hydrogen) atoms. The fourth-order valence-electron chi connectivity index (χ4n) is 2.75. The fourth-order valence-corrected chi connectivity index (χ4v) is 2.75. The number of nitrogens with zero attached hydrogens (tertiary/aromatic N) is 1. The molecule has 0 saturated carbocycles. The van der Waals surface area contributed by atoms with E-state index in [1.54, 1.807) is 24.3 Å². The molecule has 0 aliphatic carbocycles. The van der Waals surface area contributed by atoms with Crippen molar-refractivity contribution in [1.29, 1.82) is 0 Å². The van der Waals surface area contributed by atoms with Crippen molar-refractivity contribution in [3.8, 4) is 11.5 Å². The van der Waals surface area contributed by atoms with Gasteiger partial charge in [0.1, 0.15) is 30.8 Å². The molecule has 0 bridgehead atoms. The molecule has 1 atom stereocenters. The summed E-state index contributed by atoms with van der Waals surface area (Å²) in [6.07, 6.45) is -0.624. The number of hydrogen-bond donors (Lipinski definition) is 2. The van der Waals surface area contributed by atoms with Gasteiger partial charge in [-0.1, -0.05) is 12.1 Å². The highest BCUT2D eigenvalue weighted by atomic mass is 16.5. The van der Waals surface area contributed by atoms with Crippen molar-refractivity contribution in [3.05, 3.63) is 48.5 Å². The third kappa shape index (κ3) is 4.64. The van der Waals surface area contributed by atoms with Crippen LogP contribution in [0, 0.1) is 0 Å². The number of fused-ring (bicyclic) bond motifs is 1. The molecule has 6 nitrogen and oxygen atoms in total. The van der Waals surface area contributed by atoms with Crippen molar-refractivity contribution in [1.82, 2.24) is 0 Å². The van der Waals surface area contributed by atoms with E-state index in [1.165, 1.54) is 6.92 Å². The number of aliphatic hydroxyl groups is 1. The zero-order valence-electron chi connectivity index (χ0n) is 14.1. The number of benzene rings is 2. The first kappa shape index (κ1) is 17.1. The summed E-state index contributed by atoms with van der Waals surface area (Å²) in [6, 6.07) is 14.9. The van der Waals surface area contributed by atoms with E-state index < -0.39 is 6.10 Å². The maximum atomic E-state index is 11.0. The molecule has 132 valence electrons. The number of carbonyl (C=O) groups is 1. The van der Waals surface area contributed by atoms with E-state index in [1.807, 2.05) is 24.3 Å². The molecule has 2 aromatic rings. The summed E-state index contributed by atoms with van der Waals surface area (Å²) < 4.78 is 11.3. The van der Waals surface area contributed by atoms with Gasteiger partial charge in [0.2, 0.25) is 5.91 Å². The lowest BCUT2D eigenvalue weighted by Crippen LogP contribution is -2.40. The van der Waals surface area contributed by atoms with Gasteiger partial charge in [0, 0.05) is 19.2 Å². The van der Waals surface area contributed by atoms with Crippen molar-refractivity contribution in [3.63, 3.8) is 0 Å². The number of nitrogens with one attached hydrogen (secondary N) is 1. The van der Waals surface area contributed by atoms with Gasteiger partial charge in [0.05, 0.1) is 12.2 Å². The maximum absolute atomic E-state index is 11.0. The van der Waals surface area contributed by atoms with E-state index in [9.17, 15) is 9.90 Å². The monoisotopic (exact) mass is 342 g/mol. The van der Waals surface area contributed by atoms with Gasteiger partial charge in [-0.2, -0.15) is 0 Å². The van der Waals surface area contributed by atoms with Gasteiger partial charge in [-0.3, -0.25) is 4.79 Å². The van der Waals surface area contributed by atoms with Crippen LogP contribution < -0.4 is 19.7 Å². The van der Waals surface area contributed by atoms with Crippen LogP contribution in [0.3, 0.4) is 0 Å². The molecule has 1 amide bonds. The summed E-state index contributed by atoms with van der Waals surface area (Å²) in [6.45, 7) is 3.47. The molecule has 2 N–H and O–H groups in total. The first-order chi connectivity index (χ1) is 12.1. The number of carbonyl (C=O) groups excluding carboxylic acids is 1. The average Bonchev–Trinajstić information content (AvgIpc) is 2.61. The number of aliphatic hydroxyl groups excluding tert-OH is 1. The van der Waals surface area contributed by atoms with E-state index in [0.717, 1.165) is 18.0 Å². The number of amides is 1. The highest BCUT2D eigenvalue weighted by Crippen LogP contribution is 2.30. The Morgan fingerprint density at radius 2 is 2.04 bits per heavy atom. The van der Waals surface area contributed by atoms with E-state index >= 15 is 0 Å². The van der Waals surface area contributed by atoms with Crippen LogP contribution in [-0.2, 0) is 4.79 Å². The second-order valence-corrected chi connectivity index (χ2v) is 5.93. The largest absolute Gasteiger partial charge is 0.491 e. The second kappa shape index (κ2) is 7.90. The Morgan fingerprint density at radius 3 is 2.80 bits per heavy atom. The van der Waals surface area contributed by atoms with Crippen LogP contribution in [0.2, 0.25) is 0 Å². The number of β-amino-alcohol motifs (C(OH)–C–C–N with tert-alkyl or cyclic N) is 1. The van der Waals surface area contributed by atoms with Gasteiger partial charge in [0.25, 0.3) is 0 Å². The van der Waals surface area contributed by atoms with Gasteiger partial charge < -0.3 is 24.8 Å². The zero-order chi connectivity index (χ0) is 17.6. The Labute approximate surface area is 147 Å². The molecule has 0 aromatic heterocycles. The average molecular weight is 342 g/mol. The predicted octanol–water partition coefficient (Wildman–Crippen LogP) is 2.28. The lowest BCUT2D eigenvalue weighted by atomic mass is 10.2. The normalized spacial score (nSPS) is 14.2. The Morgan fingerprint density at radius 1 is 1.28 bits per heavy atom. The molecule has 6 heteroatoms. The SMILES string of the molecule is CC(=O)Nc1ccc(OCC(O)CN2CCOc3ccccc32)cc1. The summed E-state index contributed by atoms with van der Waals surface area (Å²) in [5.41, 5.74) is 1.71. The molecule has 0 spiro atoms. The van der Waals surface area contributed by atoms with Gasteiger partial charge in [-0.05, 0) is 36.4 Å². The second-order valence-electron chi connectivity index (χ2n) is 5.93. The van der Waals surface area contributed by atoms with E-state index in [4.69, 9.17) is 9.47 Å². The molecular formula is C19H22N2O4. The molecular weight excluding hydrogens is 320 g/mol. The van der Waals surface area contributed by atoms with Crippen LogP contribution in [0.15, 0.2) is 48.5 Å². The molecule has 1 heterocycles. The van der Waals surface area contributed by atoms with E-state index in [2.05, 4.69) is 10.2 Å². The Hall–Kier alpha value is -2.73. The van der Waals surface area contributed by atoms with Crippen LogP contribution in [-0.4, -0.2) is 43.4 Å². The molecule has 1 unspecified atom stereocenters. The lowest BCUT2D eigenvalue weighted by Gasteiger charge is -2.32. The van der Waals surface area contributed by atoms with E-state index in [0.29, 0.717) is 24.6 Å². The number of hydrogen-bond acceptors (Lipinski definition) is 5. The van der Waals surface area contributed by atoms with Gasteiger partial charge in [-0.25, -0.2) is 0 Å². The molecule has 3 rings (SSSR count). The minimum absolute atomic E-state index is 0.116. The number of anilines is 2. The molecule has 2 aromatic carbocycles. The first-order valence-corrected chi connectivity index (χ1v) is 8.27. The van der Waals surface area contributed by atoms with Crippen molar-refractivity contribution in [2.75, 3.05) is 36.5 Å². The van der Waals surface area contributed by atoms with Crippen LogP contribution in [0.25, 0.3) is 0 Å². The maximum Gasteiger partial charge on any atom is 0.221 e. The topological polar surface area (TPSA) is 71.0 Å². The number of rotatable bonds is 6. The van der Waals surface area contributed by atoms with Crippen LogP contribution in [0.1, 0.15) is 6.92 Å². The molecule has 1 aliphatic rings. The fraction of sp³-hybridized carbons (Fsp3) is 0.316. The minimum atomic E-state index is -0.624. The standard InChI is InChI=1S/C19H22N2O4/c1-14(22)20-15-6-8-17(9-7-15)25-13-16(23)12-21-10-11-24-19-5-3-2-4-18(19)21/h2-9,16,23H,10-13H2,1H3,(H,20,22). The van der Waals surface area contributed by atoms with Gasteiger partial charge >= 0.3 is 0 Å². The van der Waals surface area contributed by atoms with Crippen molar-refractivity contribution >= 4 is 17.3 Å². The summed E-state index contributed by atoms with van der Waals surface area (Å²) in [5, 5.41) is 13.0. The Bertz CT molecular complexity index is 718. The van der Waals surface area contributed by atoms with Crippen LogP contribution >= 0.6 is 0 Å². The Kier molecular flexibility index (Phi) is 5.40. The predicted molar refractivity (Wildman–Crippen MR) is 96.4 cm³/mol. The van der Waals surface area contributed by atoms with Gasteiger partial charge in [0.15, 0.2) is 0 Å². The molecule has 0 radical (unpaired) electrons. The van der Waals surface area contributed by atoms with Crippen molar-refractivity contribution < 1.29 is 19.4 Å². The quantitative estimate of drug-likeness (QED) is 0.843. The summed E-state index contributed by atoms with van der Waals surface area (Å²) >= 11 is 0. The first-order valence-electron chi connectivity index (χ1n) is 8.27. The summed E-state index contributed by atoms with van der Waals surface area (Å²) in [4.78, 5) is 13.1. The van der Waals surface area contributed by atoms with Crippen LogP contribution in [0.5, 0.6) is 11.5 Å². The minimum Gasteiger partial charge on any atom is -0.491 e. The van der Waals surface area contributed by atoms with Crippen molar-refractivity contribution in [2.45, 2.75) is 13.0 Å². The van der Waals surface area contributed by atoms with Crippen molar-refractivity contribution in [2.24, 2.45) is 0 Å². The smallest absolute Gasteiger partial charge is 0.221 e. The summed E-state index contributed by atoms with van der Waals surface area (Å²) in [7, 11) is 0. The zero-order valence-corrected chi connectivity index (χ0v) is 14.1.